The van der Waals surface area contributed by atoms with Gasteiger partial charge in [-0.05, 0) is 30.2 Å². The Hall–Kier alpha value is -2.33. The second kappa shape index (κ2) is 5.58. The fourth-order valence-electron chi connectivity index (χ4n) is 2.65. The average molecular weight is 282 g/mol. The molecular formula is C17H18N2O2. The molecule has 108 valence electrons. The van der Waals surface area contributed by atoms with E-state index in [2.05, 4.69) is 17.1 Å². The van der Waals surface area contributed by atoms with Gasteiger partial charge in [0.05, 0.1) is 6.61 Å². The quantitative estimate of drug-likeness (QED) is 0.798. The fraction of sp³-hybridized carbons (Fsp3) is 0.235. The molecule has 1 aromatic carbocycles. The van der Waals surface area contributed by atoms with Crippen LogP contribution in [0.4, 0.5) is 0 Å². The van der Waals surface area contributed by atoms with Crippen molar-refractivity contribution < 1.29 is 9.84 Å². The molecule has 0 radical (unpaired) electrons. The number of benzene rings is 1. The van der Waals surface area contributed by atoms with E-state index in [4.69, 9.17) is 4.74 Å². The second-order valence-corrected chi connectivity index (χ2v) is 5.14. The molecule has 3 aromatic rings. The number of hydrogen-bond acceptors (Lipinski definition) is 3. The summed E-state index contributed by atoms with van der Waals surface area (Å²) in [6.45, 7) is 3.23. The van der Waals surface area contributed by atoms with E-state index in [1.807, 2.05) is 36.0 Å². The summed E-state index contributed by atoms with van der Waals surface area (Å²) in [4.78, 5) is 4.16. The summed E-state index contributed by atoms with van der Waals surface area (Å²) >= 11 is 0. The molecule has 0 fully saturated rings. The molecular weight excluding hydrogens is 264 g/mol. The lowest BCUT2D eigenvalue weighted by atomic mass is 10.0. The molecule has 2 aromatic heterocycles. The number of methoxy groups -OCH3 is 1. The molecule has 21 heavy (non-hydrogen) atoms. The topological polar surface area (TPSA) is 47.3 Å². The Bertz CT molecular complexity index is 763. The monoisotopic (exact) mass is 282 g/mol. The molecule has 4 heteroatoms. The van der Waals surface area contributed by atoms with Crippen LogP contribution in [0.15, 0.2) is 42.9 Å². The molecule has 4 nitrogen and oxygen atoms in total. The summed E-state index contributed by atoms with van der Waals surface area (Å²) in [6.07, 6.45) is 5.58. The van der Waals surface area contributed by atoms with Gasteiger partial charge in [-0.25, -0.2) is 0 Å². The van der Waals surface area contributed by atoms with Crippen molar-refractivity contribution in [3.63, 3.8) is 0 Å². The van der Waals surface area contributed by atoms with Gasteiger partial charge < -0.3 is 14.4 Å². The molecule has 0 aliphatic rings. The molecule has 0 unspecified atom stereocenters. The summed E-state index contributed by atoms with van der Waals surface area (Å²) in [5.74, 6) is 0.303. The van der Waals surface area contributed by atoms with Gasteiger partial charge in [-0.15, -0.1) is 0 Å². The molecule has 2 heterocycles. The van der Waals surface area contributed by atoms with Crippen molar-refractivity contribution in [1.82, 2.24) is 9.55 Å². The fourth-order valence-corrected chi connectivity index (χ4v) is 2.65. The SMILES string of the molecule is COCCn1cc2cc(-c3cccnc3)cc(C)c2c1O. The van der Waals surface area contributed by atoms with Crippen LogP contribution in [-0.4, -0.2) is 28.4 Å². The van der Waals surface area contributed by atoms with Crippen molar-refractivity contribution in [2.24, 2.45) is 0 Å². The molecule has 0 aliphatic heterocycles. The van der Waals surface area contributed by atoms with E-state index in [9.17, 15) is 5.11 Å². The van der Waals surface area contributed by atoms with Crippen LogP contribution in [0.1, 0.15) is 5.56 Å². The average Bonchev–Trinajstić information content (AvgIpc) is 2.82. The number of aryl methyl sites for hydroxylation is 1. The van der Waals surface area contributed by atoms with Crippen LogP contribution in [0, 0.1) is 6.92 Å². The van der Waals surface area contributed by atoms with Gasteiger partial charge in [0.15, 0.2) is 5.88 Å². The Kier molecular flexibility index (Phi) is 3.62. The summed E-state index contributed by atoms with van der Waals surface area (Å²) in [5.41, 5.74) is 3.24. The lowest BCUT2D eigenvalue weighted by Gasteiger charge is -2.05. The lowest BCUT2D eigenvalue weighted by molar-refractivity contribution is 0.184. The maximum atomic E-state index is 10.4. The second-order valence-electron chi connectivity index (χ2n) is 5.14. The third-order valence-electron chi connectivity index (χ3n) is 3.69. The van der Waals surface area contributed by atoms with Crippen molar-refractivity contribution in [2.45, 2.75) is 13.5 Å². The van der Waals surface area contributed by atoms with Gasteiger partial charge >= 0.3 is 0 Å². The summed E-state index contributed by atoms with van der Waals surface area (Å²) in [7, 11) is 1.66. The predicted molar refractivity (Wildman–Crippen MR) is 83.4 cm³/mol. The van der Waals surface area contributed by atoms with Crippen molar-refractivity contribution in [2.75, 3.05) is 13.7 Å². The third-order valence-corrected chi connectivity index (χ3v) is 3.69. The van der Waals surface area contributed by atoms with Gasteiger partial charge in [-0.1, -0.05) is 12.1 Å². The molecule has 0 atom stereocenters. The zero-order valence-corrected chi connectivity index (χ0v) is 12.2. The lowest BCUT2D eigenvalue weighted by Crippen LogP contribution is -2.01. The third kappa shape index (κ3) is 2.50. The van der Waals surface area contributed by atoms with E-state index < -0.39 is 0 Å². The van der Waals surface area contributed by atoms with E-state index in [1.54, 1.807) is 13.3 Å². The molecule has 0 aliphatic carbocycles. The van der Waals surface area contributed by atoms with Crippen LogP contribution in [0.25, 0.3) is 21.9 Å². The van der Waals surface area contributed by atoms with Crippen molar-refractivity contribution in [1.29, 1.82) is 0 Å². The van der Waals surface area contributed by atoms with Gasteiger partial charge in [-0.3, -0.25) is 4.98 Å². The largest absolute Gasteiger partial charge is 0.494 e. The number of aromatic hydroxyl groups is 1. The van der Waals surface area contributed by atoms with Gasteiger partial charge in [0.2, 0.25) is 0 Å². The minimum atomic E-state index is 0.303. The molecule has 0 saturated carbocycles. The zero-order valence-electron chi connectivity index (χ0n) is 12.2. The molecule has 0 spiro atoms. The highest BCUT2D eigenvalue weighted by atomic mass is 16.5. The Morgan fingerprint density at radius 1 is 1.29 bits per heavy atom. The van der Waals surface area contributed by atoms with Crippen LogP contribution >= 0.6 is 0 Å². The summed E-state index contributed by atoms with van der Waals surface area (Å²) in [5, 5.41) is 12.3. The predicted octanol–water partition coefficient (Wildman–Crippen LogP) is 3.36. The van der Waals surface area contributed by atoms with E-state index in [0.29, 0.717) is 19.0 Å². The number of fused-ring (bicyclic) bond motifs is 1. The van der Waals surface area contributed by atoms with E-state index >= 15 is 0 Å². The number of pyridine rings is 1. The number of rotatable bonds is 4. The van der Waals surface area contributed by atoms with Crippen LogP contribution < -0.4 is 0 Å². The van der Waals surface area contributed by atoms with Crippen LogP contribution in [0.3, 0.4) is 0 Å². The summed E-state index contributed by atoms with van der Waals surface area (Å²) < 4.78 is 6.91. The molecule has 0 amide bonds. The van der Waals surface area contributed by atoms with Crippen molar-refractivity contribution in [3.05, 3.63) is 48.4 Å². The maximum absolute atomic E-state index is 10.4. The minimum absolute atomic E-state index is 0.303. The number of nitrogens with zero attached hydrogens (tertiary/aromatic N) is 2. The van der Waals surface area contributed by atoms with Crippen LogP contribution in [0.5, 0.6) is 5.88 Å². The first-order valence-corrected chi connectivity index (χ1v) is 6.92. The van der Waals surface area contributed by atoms with Crippen LogP contribution in [-0.2, 0) is 11.3 Å². The van der Waals surface area contributed by atoms with Crippen molar-refractivity contribution >= 4 is 10.8 Å². The Balaban J connectivity index is 2.12. The number of ether oxygens (including phenoxy) is 1. The normalized spacial score (nSPS) is 11.1. The highest BCUT2D eigenvalue weighted by molar-refractivity contribution is 5.94. The maximum Gasteiger partial charge on any atom is 0.199 e. The smallest absolute Gasteiger partial charge is 0.199 e. The van der Waals surface area contributed by atoms with Crippen molar-refractivity contribution in [3.8, 4) is 17.0 Å². The van der Waals surface area contributed by atoms with Gasteiger partial charge in [-0.2, -0.15) is 0 Å². The first kappa shape index (κ1) is 13.6. The van der Waals surface area contributed by atoms with Gasteiger partial charge in [0, 0.05) is 48.6 Å². The standard InChI is InChI=1S/C17H18N2O2/c1-12-8-14(13-4-3-5-18-10-13)9-15-11-19(6-7-21-2)17(20)16(12)15/h3-5,8-11,20H,6-7H2,1-2H3. The van der Waals surface area contributed by atoms with E-state index in [-0.39, 0.29) is 0 Å². The highest BCUT2D eigenvalue weighted by Gasteiger charge is 2.12. The Labute approximate surface area is 123 Å². The van der Waals surface area contributed by atoms with Crippen LogP contribution in [0.2, 0.25) is 0 Å². The first-order chi connectivity index (χ1) is 10.2. The Morgan fingerprint density at radius 3 is 2.86 bits per heavy atom. The first-order valence-electron chi connectivity index (χ1n) is 6.92. The molecule has 1 N–H and O–H groups in total. The zero-order chi connectivity index (χ0) is 14.8. The van der Waals surface area contributed by atoms with E-state index in [0.717, 1.165) is 27.5 Å². The number of hydrogen-bond donors (Lipinski definition) is 1. The minimum Gasteiger partial charge on any atom is -0.494 e. The van der Waals surface area contributed by atoms with Gasteiger partial charge in [0.1, 0.15) is 0 Å². The van der Waals surface area contributed by atoms with Gasteiger partial charge in [0.25, 0.3) is 0 Å². The highest BCUT2D eigenvalue weighted by Crippen LogP contribution is 2.34. The molecule has 0 bridgehead atoms. The number of aromatic nitrogens is 2. The Morgan fingerprint density at radius 2 is 2.14 bits per heavy atom. The molecule has 0 saturated heterocycles. The summed E-state index contributed by atoms with van der Waals surface area (Å²) in [6, 6.07) is 8.13. The molecule has 3 rings (SSSR count). The van der Waals surface area contributed by atoms with E-state index in [1.165, 1.54) is 0 Å².